The third-order valence-electron chi connectivity index (χ3n) is 0.581. The van der Waals surface area contributed by atoms with Gasteiger partial charge < -0.3 is 5.73 Å². The SMILES string of the molecule is Nc1cn[c]c(Cl)n1. The molecule has 3 nitrogen and oxygen atoms in total. The lowest BCUT2D eigenvalue weighted by molar-refractivity contribution is 1.20. The first-order valence-electron chi connectivity index (χ1n) is 1.95. The molecular weight excluding hydrogens is 126 g/mol. The maximum absolute atomic E-state index is 5.34. The van der Waals surface area contributed by atoms with Crippen molar-refractivity contribution in [3.8, 4) is 0 Å². The van der Waals surface area contributed by atoms with Crippen molar-refractivity contribution in [2.75, 3.05) is 5.73 Å². The van der Waals surface area contributed by atoms with Crippen LogP contribution in [-0.2, 0) is 0 Å². The predicted molar refractivity (Wildman–Crippen MR) is 30.3 cm³/mol. The topological polar surface area (TPSA) is 51.8 Å². The number of anilines is 1. The fraction of sp³-hybridized carbons (Fsp3) is 0. The van der Waals surface area contributed by atoms with E-state index < -0.39 is 0 Å². The number of hydrogen-bond donors (Lipinski definition) is 1. The summed E-state index contributed by atoms with van der Waals surface area (Å²) in [5.41, 5.74) is 5.18. The standard InChI is InChI=1S/C4H3ClN3/c5-3-1-7-2-4(6)8-3/h2H,(H2,6,8). The van der Waals surface area contributed by atoms with E-state index in [1.165, 1.54) is 6.20 Å². The highest BCUT2D eigenvalue weighted by Crippen LogP contribution is 2.00. The van der Waals surface area contributed by atoms with Crippen LogP contribution in [0, 0.1) is 6.20 Å². The Balaban J connectivity index is 3.08. The molecule has 0 saturated heterocycles. The first kappa shape index (κ1) is 5.31. The summed E-state index contributed by atoms with van der Waals surface area (Å²) in [6, 6.07) is 0. The predicted octanol–water partition coefficient (Wildman–Crippen LogP) is 0.512. The van der Waals surface area contributed by atoms with Gasteiger partial charge in [-0.05, 0) is 0 Å². The van der Waals surface area contributed by atoms with Crippen molar-refractivity contribution in [2.24, 2.45) is 0 Å². The van der Waals surface area contributed by atoms with Crippen LogP contribution in [0.25, 0.3) is 0 Å². The maximum atomic E-state index is 5.34. The normalized spacial score (nSPS) is 9.12. The molecule has 1 heterocycles. The van der Waals surface area contributed by atoms with Gasteiger partial charge in [0.25, 0.3) is 0 Å². The summed E-state index contributed by atoms with van der Waals surface area (Å²) in [4.78, 5) is 7.14. The average molecular weight is 129 g/mol. The highest BCUT2D eigenvalue weighted by molar-refractivity contribution is 6.29. The Bertz CT molecular complexity index is 171. The third-order valence-corrected chi connectivity index (χ3v) is 0.750. The van der Waals surface area contributed by atoms with Crippen LogP contribution in [0.2, 0.25) is 5.15 Å². The van der Waals surface area contributed by atoms with E-state index in [0.717, 1.165) is 0 Å². The number of nitrogens with two attached hydrogens (primary N) is 1. The molecule has 0 atom stereocenters. The fourth-order valence-electron chi connectivity index (χ4n) is 0.319. The molecule has 1 aromatic rings. The van der Waals surface area contributed by atoms with Crippen molar-refractivity contribution in [1.82, 2.24) is 9.97 Å². The van der Waals surface area contributed by atoms with Gasteiger partial charge in [0.1, 0.15) is 12.0 Å². The van der Waals surface area contributed by atoms with Crippen LogP contribution in [0.3, 0.4) is 0 Å². The second-order valence-electron chi connectivity index (χ2n) is 1.20. The number of nitrogen functional groups attached to an aromatic ring is 1. The molecule has 1 radical (unpaired) electrons. The smallest absolute Gasteiger partial charge is 0.159 e. The average Bonchev–Trinajstić information content (AvgIpc) is 1.64. The monoisotopic (exact) mass is 128 g/mol. The number of hydrogen-bond acceptors (Lipinski definition) is 3. The fourth-order valence-corrected chi connectivity index (χ4v) is 0.465. The van der Waals surface area contributed by atoms with Crippen LogP contribution in [0.15, 0.2) is 6.20 Å². The van der Waals surface area contributed by atoms with E-state index in [1.807, 2.05) is 0 Å². The highest BCUT2D eigenvalue weighted by Gasteiger charge is 1.87. The maximum Gasteiger partial charge on any atom is 0.159 e. The summed E-state index contributed by atoms with van der Waals surface area (Å²) in [6.45, 7) is 0. The quantitative estimate of drug-likeness (QED) is 0.554. The van der Waals surface area contributed by atoms with Crippen molar-refractivity contribution in [3.63, 3.8) is 0 Å². The van der Waals surface area contributed by atoms with Crippen LogP contribution in [0.4, 0.5) is 5.82 Å². The molecule has 0 fully saturated rings. The van der Waals surface area contributed by atoms with E-state index in [9.17, 15) is 0 Å². The summed E-state index contributed by atoms with van der Waals surface area (Å²) in [5, 5.41) is 0.199. The number of rotatable bonds is 0. The van der Waals surface area contributed by atoms with E-state index in [0.29, 0.717) is 5.82 Å². The number of nitrogens with zero attached hydrogens (tertiary/aromatic N) is 2. The summed E-state index contributed by atoms with van der Waals surface area (Å²) in [7, 11) is 0. The van der Waals surface area contributed by atoms with Gasteiger partial charge in [0.2, 0.25) is 0 Å². The molecule has 0 saturated carbocycles. The second kappa shape index (κ2) is 1.96. The Morgan fingerprint density at radius 2 is 2.50 bits per heavy atom. The van der Waals surface area contributed by atoms with Gasteiger partial charge in [0, 0.05) is 0 Å². The van der Waals surface area contributed by atoms with Gasteiger partial charge in [0.05, 0.1) is 6.20 Å². The van der Waals surface area contributed by atoms with E-state index in [1.54, 1.807) is 0 Å². The zero-order chi connectivity index (χ0) is 5.98. The summed E-state index contributed by atoms with van der Waals surface area (Å²) in [6.07, 6.45) is 3.78. The van der Waals surface area contributed by atoms with Gasteiger partial charge in [0.15, 0.2) is 5.15 Å². The lowest BCUT2D eigenvalue weighted by Gasteiger charge is -1.86. The number of halogens is 1. The molecule has 4 heteroatoms. The first-order valence-corrected chi connectivity index (χ1v) is 2.32. The molecule has 0 bridgehead atoms. The summed E-state index contributed by atoms with van der Waals surface area (Å²) >= 11 is 5.34. The Morgan fingerprint density at radius 3 is 2.88 bits per heavy atom. The van der Waals surface area contributed by atoms with Crippen LogP contribution in [-0.4, -0.2) is 9.97 Å². The molecular formula is C4H3ClN3. The Kier molecular flexibility index (Phi) is 1.30. The van der Waals surface area contributed by atoms with Gasteiger partial charge >= 0.3 is 0 Å². The van der Waals surface area contributed by atoms with Gasteiger partial charge in [-0.15, -0.1) is 0 Å². The van der Waals surface area contributed by atoms with Gasteiger partial charge in [-0.2, -0.15) is 0 Å². The zero-order valence-corrected chi connectivity index (χ0v) is 4.68. The largest absolute Gasteiger partial charge is 0.382 e. The summed E-state index contributed by atoms with van der Waals surface area (Å²) in [5.74, 6) is 0.314. The van der Waals surface area contributed by atoms with Crippen molar-refractivity contribution in [2.45, 2.75) is 0 Å². The highest BCUT2D eigenvalue weighted by atomic mass is 35.5. The minimum absolute atomic E-state index is 0.199. The molecule has 8 heavy (non-hydrogen) atoms. The minimum Gasteiger partial charge on any atom is -0.382 e. The Hall–Kier alpha value is -0.830. The summed E-state index contributed by atoms with van der Waals surface area (Å²) < 4.78 is 0. The second-order valence-corrected chi connectivity index (χ2v) is 1.56. The Morgan fingerprint density at radius 1 is 1.75 bits per heavy atom. The van der Waals surface area contributed by atoms with Crippen molar-refractivity contribution < 1.29 is 0 Å². The van der Waals surface area contributed by atoms with E-state index >= 15 is 0 Å². The molecule has 0 aliphatic carbocycles. The third kappa shape index (κ3) is 1.07. The lowest BCUT2D eigenvalue weighted by atomic mass is 10.7. The zero-order valence-electron chi connectivity index (χ0n) is 3.93. The molecule has 0 amide bonds. The lowest BCUT2D eigenvalue weighted by Crippen LogP contribution is -1.89. The molecule has 1 aromatic heterocycles. The van der Waals surface area contributed by atoms with Crippen LogP contribution in [0.5, 0.6) is 0 Å². The molecule has 0 aliphatic rings. The van der Waals surface area contributed by atoms with Gasteiger partial charge in [-0.25, -0.2) is 9.97 Å². The molecule has 1 rings (SSSR count). The first-order chi connectivity index (χ1) is 3.79. The van der Waals surface area contributed by atoms with Gasteiger partial charge in [-0.3, -0.25) is 0 Å². The molecule has 0 aromatic carbocycles. The van der Waals surface area contributed by atoms with Crippen LogP contribution >= 0.6 is 11.6 Å². The van der Waals surface area contributed by atoms with Gasteiger partial charge in [-0.1, -0.05) is 11.6 Å². The van der Waals surface area contributed by atoms with Crippen molar-refractivity contribution in [3.05, 3.63) is 17.5 Å². The van der Waals surface area contributed by atoms with Crippen LogP contribution in [0.1, 0.15) is 0 Å². The van der Waals surface area contributed by atoms with E-state index in [-0.39, 0.29) is 5.15 Å². The molecule has 2 N–H and O–H groups in total. The molecule has 41 valence electrons. The van der Waals surface area contributed by atoms with Crippen molar-refractivity contribution in [1.29, 1.82) is 0 Å². The van der Waals surface area contributed by atoms with E-state index in [2.05, 4.69) is 16.2 Å². The molecule has 0 unspecified atom stereocenters. The Labute approximate surface area is 51.5 Å². The van der Waals surface area contributed by atoms with Crippen molar-refractivity contribution >= 4 is 17.4 Å². The molecule has 0 aliphatic heterocycles. The minimum atomic E-state index is 0.199. The molecule has 0 spiro atoms. The number of aromatic nitrogens is 2. The van der Waals surface area contributed by atoms with E-state index in [4.69, 9.17) is 17.3 Å². The van der Waals surface area contributed by atoms with Crippen LogP contribution < -0.4 is 5.73 Å².